The van der Waals surface area contributed by atoms with Crippen LogP contribution in [0, 0.1) is 6.92 Å². The summed E-state index contributed by atoms with van der Waals surface area (Å²) in [6.07, 6.45) is 0. The molecule has 0 heterocycles. The molecule has 0 fully saturated rings. The first kappa shape index (κ1) is 13.8. The molecule has 0 saturated carbocycles. The van der Waals surface area contributed by atoms with Gasteiger partial charge in [-0.1, -0.05) is 41.4 Å². The largest absolute Gasteiger partial charge is 0.497 e. The molecule has 1 N–H and O–H groups in total. The molecule has 100 valence electrons. The Morgan fingerprint density at radius 1 is 1.11 bits per heavy atom. The fourth-order valence-electron chi connectivity index (χ4n) is 1.91. The number of aryl methyl sites for hydroxylation is 1. The second-order valence-electron chi connectivity index (χ2n) is 4.62. The fourth-order valence-corrected chi connectivity index (χ4v) is 2.09. The van der Waals surface area contributed by atoms with Crippen LogP contribution in [0.25, 0.3) is 0 Å². The summed E-state index contributed by atoms with van der Waals surface area (Å²) in [4.78, 5) is 0. The number of anilines is 1. The van der Waals surface area contributed by atoms with Crippen molar-refractivity contribution in [3.05, 3.63) is 58.6 Å². The molecule has 1 atom stereocenters. The van der Waals surface area contributed by atoms with Gasteiger partial charge in [-0.25, -0.2) is 0 Å². The molecule has 0 aliphatic heterocycles. The molecule has 2 nitrogen and oxygen atoms in total. The predicted octanol–water partition coefficient (Wildman–Crippen LogP) is 4.83. The van der Waals surface area contributed by atoms with Crippen molar-refractivity contribution in [3.8, 4) is 5.75 Å². The minimum absolute atomic E-state index is 0.185. The highest BCUT2D eigenvalue weighted by atomic mass is 35.5. The molecule has 0 bridgehead atoms. The van der Waals surface area contributed by atoms with Gasteiger partial charge in [-0.2, -0.15) is 0 Å². The fraction of sp³-hybridized carbons (Fsp3) is 0.250. The molecule has 0 amide bonds. The Hall–Kier alpha value is -1.67. The van der Waals surface area contributed by atoms with E-state index in [4.69, 9.17) is 16.3 Å². The van der Waals surface area contributed by atoms with E-state index < -0.39 is 0 Å². The van der Waals surface area contributed by atoms with E-state index in [2.05, 4.69) is 43.4 Å². The highest BCUT2D eigenvalue weighted by Crippen LogP contribution is 2.29. The molecule has 0 aliphatic carbocycles. The van der Waals surface area contributed by atoms with Gasteiger partial charge in [0, 0.05) is 12.1 Å². The summed E-state index contributed by atoms with van der Waals surface area (Å²) in [6.45, 7) is 4.20. The van der Waals surface area contributed by atoms with Gasteiger partial charge >= 0.3 is 0 Å². The third kappa shape index (κ3) is 3.42. The average molecular weight is 276 g/mol. The zero-order valence-electron chi connectivity index (χ0n) is 11.4. The van der Waals surface area contributed by atoms with Gasteiger partial charge in [-0.15, -0.1) is 0 Å². The summed E-state index contributed by atoms with van der Waals surface area (Å²) in [5.41, 5.74) is 3.37. The van der Waals surface area contributed by atoms with Crippen molar-refractivity contribution in [1.82, 2.24) is 0 Å². The van der Waals surface area contributed by atoms with Crippen molar-refractivity contribution in [2.75, 3.05) is 12.4 Å². The first-order valence-corrected chi connectivity index (χ1v) is 6.64. The zero-order valence-corrected chi connectivity index (χ0v) is 12.2. The number of methoxy groups -OCH3 is 1. The minimum Gasteiger partial charge on any atom is -0.497 e. The molecule has 2 aromatic rings. The summed E-state index contributed by atoms with van der Waals surface area (Å²) >= 11 is 6.19. The van der Waals surface area contributed by atoms with Crippen LogP contribution in [0.1, 0.15) is 24.1 Å². The van der Waals surface area contributed by atoms with Gasteiger partial charge in [-0.3, -0.25) is 0 Å². The Kier molecular flexibility index (Phi) is 4.33. The molecule has 19 heavy (non-hydrogen) atoms. The number of hydrogen-bond acceptors (Lipinski definition) is 2. The molecular formula is C16H18ClNO. The van der Waals surface area contributed by atoms with Crippen LogP contribution < -0.4 is 10.1 Å². The van der Waals surface area contributed by atoms with Gasteiger partial charge in [-0.05, 0) is 31.5 Å². The van der Waals surface area contributed by atoms with Crippen molar-refractivity contribution >= 4 is 17.3 Å². The molecule has 0 spiro atoms. The molecule has 0 aromatic heterocycles. The summed E-state index contributed by atoms with van der Waals surface area (Å²) in [5, 5.41) is 4.10. The maximum atomic E-state index is 6.19. The minimum atomic E-state index is 0.185. The number of rotatable bonds is 4. The van der Waals surface area contributed by atoms with Gasteiger partial charge in [0.15, 0.2) is 0 Å². The first-order valence-electron chi connectivity index (χ1n) is 6.27. The SMILES string of the molecule is COc1ccc(Cl)c(NC(C)c2ccc(C)cc2)c1. The maximum absolute atomic E-state index is 6.19. The quantitative estimate of drug-likeness (QED) is 0.863. The lowest BCUT2D eigenvalue weighted by molar-refractivity contribution is 0.415. The van der Waals surface area contributed by atoms with E-state index in [0.29, 0.717) is 5.02 Å². The summed E-state index contributed by atoms with van der Waals surface area (Å²) in [7, 11) is 1.65. The Balaban J connectivity index is 2.18. The van der Waals surface area contributed by atoms with Crippen LogP contribution in [0.2, 0.25) is 5.02 Å². The molecule has 0 radical (unpaired) electrons. The molecular weight excluding hydrogens is 258 g/mol. The number of benzene rings is 2. The second-order valence-corrected chi connectivity index (χ2v) is 5.03. The third-order valence-electron chi connectivity index (χ3n) is 3.12. The Bertz CT molecular complexity index is 551. The highest BCUT2D eigenvalue weighted by Gasteiger charge is 2.08. The lowest BCUT2D eigenvalue weighted by Crippen LogP contribution is -2.07. The van der Waals surface area contributed by atoms with Crippen molar-refractivity contribution < 1.29 is 4.74 Å². The maximum Gasteiger partial charge on any atom is 0.121 e. The van der Waals surface area contributed by atoms with E-state index >= 15 is 0 Å². The molecule has 2 rings (SSSR count). The van der Waals surface area contributed by atoms with Crippen LogP contribution in [0.15, 0.2) is 42.5 Å². The van der Waals surface area contributed by atoms with Crippen molar-refractivity contribution in [2.45, 2.75) is 19.9 Å². The van der Waals surface area contributed by atoms with Crippen LogP contribution in [-0.2, 0) is 0 Å². The summed E-state index contributed by atoms with van der Waals surface area (Å²) < 4.78 is 5.21. The Morgan fingerprint density at radius 2 is 1.79 bits per heavy atom. The molecule has 0 aliphatic rings. The van der Waals surface area contributed by atoms with Crippen LogP contribution in [0.5, 0.6) is 5.75 Å². The summed E-state index contributed by atoms with van der Waals surface area (Å²) in [6, 6.07) is 14.3. The van der Waals surface area contributed by atoms with Crippen molar-refractivity contribution in [3.63, 3.8) is 0 Å². The van der Waals surface area contributed by atoms with E-state index in [1.54, 1.807) is 7.11 Å². The lowest BCUT2D eigenvalue weighted by Gasteiger charge is -2.17. The number of halogens is 1. The normalized spacial score (nSPS) is 12.0. The summed E-state index contributed by atoms with van der Waals surface area (Å²) in [5.74, 6) is 0.794. The average Bonchev–Trinajstić information content (AvgIpc) is 2.42. The van der Waals surface area contributed by atoms with E-state index in [1.807, 2.05) is 18.2 Å². The molecule has 3 heteroatoms. The number of hydrogen-bond donors (Lipinski definition) is 1. The predicted molar refractivity (Wildman–Crippen MR) is 81.2 cm³/mol. The zero-order chi connectivity index (χ0) is 13.8. The van der Waals surface area contributed by atoms with E-state index in [0.717, 1.165) is 11.4 Å². The number of ether oxygens (including phenoxy) is 1. The Labute approximate surface area is 119 Å². The van der Waals surface area contributed by atoms with Crippen LogP contribution in [0.3, 0.4) is 0 Å². The van der Waals surface area contributed by atoms with Crippen molar-refractivity contribution in [1.29, 1.82) is 0 Å². The Morgan fingerprint density at radius 3 is 2.42 bits per heavy atom. The standard InChI is InChI=1S/C16H18ClNO/c1-11-4-6-13(7-5-11)12(2)18-16-10-14(19-3)8-9-15(16)17/h4-10,12,18H,1-3H3. The van der Waals surface area contributed by atoms with Gasteiger partial charge in [0.1, 0.15) is 5.75 Å². The smallest absolute Gasteiger partial charge is 0.121 e. The third-order valence-corrected chi connectivity index (χ3v) is 3.45. The monoisotopic (exact) mass is 275 g/mol. The van der Waals surface area contributed by atoms with Crippen LogP contribution in [0.4, 0.5) is 5.69 Å². The van der Waals surface area contributed by atoms with Gasteiger partial charge < -0.3 is 10.1 Å². The topological polar surface area (TPSA) is 21.3 Å². The van der Waals surface area contributed by atoms with Crippen molar-refractivity contribution in [2.24, 2.45) is 0 Å². The van der Waals surface area contributed by atoms with Gasteiger partial charge in [0.05, 0.1) is 17.8 Å². The van der Waals surface area contributed by atoms with Gasteiger partial charge in [0.25, 0.3) is 0 Å². The molecule has 2 aromatic carbocycles. The first-order chi connectivity index (χ1) is 9.10. The number of nitrogens with one attached hydrogen (secondary N) is 1. The van der Waals surface area contributed by atoms with Gasteiger partial charge in [0.2, 0.25) is 0 Å². The molecule has 0 saturated heterocycles. The van der Waals surface area contributed by atoms with E-state index in [9.17, 15) is 0 Å². The molecule has 1 unspecified atom stereocenters. The second kappa shape index (κ2) is 5.98. The van der Waals surface area contributed by atoms with Crippen LogP contribution >= 0.6 is 11.6 Å². The van der Waals surface area contributed by atoms with E-state index in [-0.39, 0.29) is 6.04 Å². The van der Waals surface area contributed by atoms with E-state index in [1.165, 1.54) is 11.1 Å². The lowest BCUT2D eigenvalue weighted by atomic mass is 10.1. The van der Waals surface area contributed by atoms with Crippen LogP contribution in [-0.4, -0.2) is 7.11 Å². The highest BCUT2D eigenvalue weighted by molar-refractivity contribution is 6.33.